The van der Waals surface area contributed by atoms with Crippen LogP contribution in [0.2, 0.25) is 0 Å². The number of rotatable bonds is 2. The van der Waals surface area contributed by atoms with Crippen molar-refractivity contribution in [1.29, 1.82) is 0 Å². The second kappa shape index (κ2) is 6.08. The van der Waals surface area contributed by atoms with E-state index < -0.39 is 0 Å². The molecule has 1 aromatic rings. The fourth-order valence-electron chi connectivity index (χ4n) is 3.45. The summed E-state index contributed by atoms with van der Waals surface area (Å²) < 4.78 is 0. The van der Waals surface area contributed by atoms with Gasteiger partial charge in [0.1, 0.15) is 0 Å². The molecular formula is C16H26N4. The van der Waals surface area contributed by atoms with Crippen LogP contribution in [0.1, 0.15) is 43.4 Å². The van der Waals surface area contributed by atoms with Gasteiger partial charge in [-0.2, -0.15) is 5.10 Å². The van der Waals surface area contributed by atoms with Crippen molar-refractivity contribution in [2.24, 2.45) is 0 Å². The molecule has 3 rings (SSSR count). The van der Waals surface area contributed by atoms with E-state index in [2.05, 4.69) is 33.0 Å². The minimum Gasteiger partial charge on any atom is -0.353 e. The van der Waals surface area contributed by atoms with Gasteiger partial charge in [0.05, 0.1) is 5.69 Å². The van der Waals surface area contributed by atoms with E-state index in [1.807, 2.05) is 6.92 Å². The summed E-state index contributed by atoms with van der Waals surface area (Å²) in [4.78, 5) is 5.09. The molecule has 110 valence electrons. The molecule has 0 unspecified atom stereocenters. The van der Waals surface area contributed by atoms with Crippen LogP contribution in [0.5, 0.6) is 0 Å². The van der Waals surface area contributed by atoms with Gasteiger partial charge in [0.25, 0.3) is 0 Å². The zero-order chi connectivity index (χ0) is 13.9. The minimum absolute atomic E-state index is 0.844. The molecule has 2 fully saturated rings. The first kappa shape index (κ1) is 13.8. The van der Waals surface area contributed by atoms with Crippen molar-refractivity contribution < 1.29 is 0 Å². The summed E-state index contributed by atoms with van der Waals surface area (Å²) in [6, 6.07) is 3.02. The normalized spacial score (nSPS) is 22.2. The summed E-state index contributed by atoms with van der Waals surface area (Å²) in [7, 11) is 0. The van der Waals surface area contributed by atoms with Crippen molar-refractivity contribution in [3.63, 3.8) is 0 Å². The molecule has 2 heterocycles. The molecule has 0 radical (unpaired) electrons. The molecule has 1 aliphatic carbocycles. The van der Waals surface area contributed by atoms with E-state index in [0.29, 0.717) is 0 Å². The monoisotopic (exact) mass is 274 g/mol. The van der Waals surface area contributed by atoms with Crippen molar-refractivity contribution in [1.82, 2.24) is 15.1 Å². The van der Waals surface area contributed by atoms with Crippen molar-refractivity contribution in [2.45, 2.75) is 52.0 Å². The lowest BCUT2D eigenvalue weighted by atomic mass is 9.94. The van der Waals surface area contributed by atoms with E-state index in [1.165, 1.54) is 50.8 Å². The van der Waals surface area contributed by atoms with Gasteiger partial charge in [0.15, 0.2) is 5.82 Å². The molecule has 4 nitrogen and oxygen atoms in total. The van der Waals surface area contributed by atoms with Crippen LogP contribution in [0.4, 0.5) is 5.82 Å². The molecule has 0 amide bonds. The first-order valence-electron chi connectivity index (χ1n) is 8.04. The highest BCUT2D eigenvalue weighted by atomic mass is 15.3. The fourth-order valence-corrected chi connectivity index (χ4v) is 3.45. The molecule has 1 saturated carbocycles. The Bertz CT molecular complexity index is 446. The molecule has 0 aromatic carbocycles. The van der Waals surface area contributed by atoms with Crippen LogP contribution in [-0.2, 0) is 0 Å². The van der Waals surface area contributed by atoms with E-state index >= 15 is 0 Å². The molecule has 1 aliphatic heterocycles. The van der Waals surface area contributed by atoms with Gasteiger partial charge in [-0.1, -0.05) is 19.3 Å². The molecule has 0 bridgehead atoms. The molecule has 1 aromatic heterocycles. The molecule has 1 saturated heterocycles. The first-order valence-corrected chi connectivity index (χ1v) is 8.04. The molecule has 0 atom stereocenters. The standard InChI is InChI=1S/C16H26N4/c1-13-12-16(18-17-14(13)2)20-10-8-19(9-11-20)15-6-4-3-5-7-15/h12,15H,3-11H2,1-2H3. The van der Waals surface area contributed by atoms with Crippen LogP contribution >= 0.6 is 0 Å². The van der Waals surface area contributed by atoms with Crippen molar-refractivity contribution in [3.8, 4) is 0 Å². The highest BCUT2D eigenvalue weighted by Crippen LogP contribution is 2.24. The van der Waals surface area contributed by atoms with Gasteiger partial charge in [0.2, 0.25) is 0 Å². The lowest BCUT2D eigenvalue weighted by molar-refractivity contribution is 0.147. The van der Waals surface area contributed by atoms with E-state index in [-0.39, 0.29) is 0 Å². The lowest BCUT2D eigenvalue weighted by Gasteiger charge is -2.41. The van der Waals surface area contributed by atoms with Crippen molar-refractivity contribution >= 4 is 5.82 Å². The van der Waals surface area contributed by atoms with Gasteiger partial charge in [-0.25, -0.2) is 0 Å². The SMILES string of the molecule is Cc1cc(N2CCN(C3CCCCC3)CC2)nnc1C. The Labute approximate surface area is 122 Å². The highest BCUT2D eigenvalue weighted by molar-refractivity contribution is 5.41. The van der Waals surface area contributed by atoms with Gasteiger partial charge >= 0.3 is 0 Å². The number of piperazine rings is 1. The van der Waals surface area contributed by atoms with Crippen LogP contribution in [-0.4, -0.2) is 47.3 Å². The number of hydrogen-bond acceptors (Lipinski definition) is 4. The third-order valence-corrected chi connectivity index (χ3v) is 4.95. The van der Waals surface area contributed by atoms with Crippen LogP contribution < -0.4 is 4.90 Å². The average Bonchev–Trinajstić information content (AvgIpc) is 2.51. The summed E-state index contributed by atoms with van der Waals surface area (Å²) in [6.07, 6.45) is 7.10. The van der Waals surface area contributed by atoms with Gasteiger partial charge in [-0.05, 0) is 38.3 Å². The topological polar surface area (TPSA) is 32.3 Å². The van der Waals surface area contributed by atoms with E-state index in [0.717, 1.165) is 30.6 Å². The van der Waals surface area contributed by atoms with Crippen LogP contribution in [0, 0.1) is 13.8 Å². The van der Waals surface area contributed by atoms with Crippen LogP contribution in [0.25, 0.3) is 0 Å². The molecule has 0 N–H and O–H groups in total. The van der Waals surface area contributed by atoms with Crippen LogP contribution in [0.3, 0.4) is 0 Å². The van der Waals surface area contributed by atoms with Crippen LogP contribution in [0.15, 0.2) is 6.07 Å². The van der Waals surface area contributed by atoms with Crippen molar-refractivity contribution in [3.05, 3.63) is 17.3 Å². The van der Waals surface area contributed by atoms with Gasteiger partial charge in [-0.15, -0.1) is 5.10 Å². The molecule has 20 heavy (non-hydrogen) atoms. The zero-order valence-electron chi connectivity index (χ0n) is 12.8. The highest BCUT2D eigenvalue weighted by Gasteiger charge is 2.25. The van der Waals surface area contributed by atoms with Gasteiger partial charge in [-0.3, -0.25) is 4.90 Å². The molecule has 0 spiro atoms. The number of aryl methyl sites for hydroxylation is 2. The predicted octanol–water partition coefficient (Wildman–Crippen LogP) is 2.55. The Morgan fingerprint density at radius 2 is 1.65 bits per heavy atom. The molecular weight excluding hydrogens is 248 g/mol. The summed E-state index contributed by atoms with van der Waals surface area (Å²) in [5, 5.41) is 8.62. The van der Waals surface area contributed by atoms with Crippen molar-refractivity contribution in [2.75, 3.05) is 31.1 Å². The Morgan fingerprint density at radius 1 is 0.950 bits per heavy atom. The van der Waals surface area contributed by atoms with E-state index in [1.54, 1.807) is 0 Å². The Balaban J connectivity index is 1.58. The second-order valence-electron chi connectivity index (χ2n) is 6.29. The number of anilines is 1. The van der Waals surface area contributed by atoms with Gasteiger partial charge in [0, 0.05) is 32.2 Å². The maximum atomic E-state index is 4.36. The summed E-state index contributed by atoms with van der Waals surface area (Å²) >= 11 is 0. The average molecular weight is 274 g/mol. The number of hydrogen-bond donors (Lipinski definition) is 0. The zero-order valence-corrected chi connectivity index (χ0v) is 12.8. The van der Waals surface area contributed by atoms with Gasteiger partial charge < -0.3 is 4.90 Å². The quantitative estimate of drug-likeness (QED) is 0.829. The maximum absolute atomic E-state index is 4.36. The van der Waals surface area contributed by atoms with E-state index in [9.17, 15) is 0 Å². The predicted molar refractivity (Wildman–Crippen MR) is 82.2 cm³/mol. The third kappa shape index (κ3) is 2.95. The third-order valence-electron chi connectivity index (χ3n) is 4.95. The molecule has 2 aliphatic rings. The first-order chi connectivity index (χ1) is 9.74. The maximum Gasteiger partial charge on any atom is 0.151 e. The lowest BCUT2D eigenvalue weighted by Crippen LogP contribution is -2.51. The second-order valence-corrected chi connectivity index (χ2v) is 6.29. The Kier molecular flexibility index (Phi) is 4.20. The largest absolute Gasteiger partial charge is 0.353 e. The number of aromatic nitrogens is 2. The van der Waals surface area contributed by atoms with E-state index in [4.69, 9.17) is 0 Å². The minimum atomic E-state index is 0.844. The summed E-state index contributed by atoms with van der Waals surface area (Å²) in [6.45, 7) is 8.68. The Morgan fingerprint density at radius 3 is 2.30 bits per heavy atom. The summed E-state index contributed by atoms with van der Waals surface area (Å²) in [5.41, 5.74) is 2.28. The number of nitrogens with zero attached hydrogens (tertiary/aromatic N) is 4. The summed E-state index contributed by atoms with van der Waals surface area (Å²) in [5.74, 6) is 1.05. The smallest absolute Gasteiger partial charge is 0.151 e. The molecule has 4 heteroatoms. The Hall–Kier alpha value is -1.16. The fraction of sp³-hybridized carbons (Fsp3) is 0.750.